The van der Waals surface area contributed by atoms with Crippen LogP contribution in [0.25, 0.3) is 0 Å². The summed E-state index contributed by atoms with van der Waals surface area (Å²) >= 11 is 0. The molecule has 4 fully saturated rings. The Hall–Kier alpha value is -3.47. The summed E-state index contributed by atoms with van der Waals surface area (Å²) in [6.07, 6.45) is -8.66. The molecule has 2 aromatic rings. The Labute approximate surface area is 441 Å². The van der Waals surface area contributed by atoms with Gasteiger partial charge in [0.1, 0.15) is 36.1 Å². The lowest BCUT2D eigenvalue weighted by molar-refractivity contribution is -0.318. The summed E-state index contributed by atoms with van der Waals surface area (Å²) in [5, 5.41) is 73.6. The van der Waals surface area contributed by atoms with Gasteiger partial charge < -0.3 is 68.5 Å². The van der Waals surface area contributed by atoms with Gasteiger partial charge in [-0.1, -0.05) is 32.1 Å². The molecule has 0 spiro atoms. The Balaban J connectivity index is 1.22. The predicted molar refractivity (Wildman–Crippen MR) is 272 cm³/mol. The number of hydrogen-bond acceptors (Lipinski definition) is 20. The summed E-state index contributed by atoms with van der Waals surface area (Å²) in [6.45, 7) is 18.5. The molecule has 19 atom stereocenters. The number of aromatic nitrogens is 3. The van der Waals surface area contributed by atoms with E-state index in [4.69, 9.17) is 38.3 Å². The molecule has 4 aliphatic heterocycles. The van der Waals surface area contributed by atoms with Crippen molar-refractivity contribution < 1.29 is 76.7 Å². The molecule has 5 heterocycles. The van der Waals surface area contributed by atoms with Crippen molar-refractivity contribution in [3.8, 4) is 0 Å². The van der Waals surface area contributed by atoms with E-state index in [1.54, 1.807) is 65.4 Å². The van der Waals surface area contributed by atoms with Crippen molar-refractivity contribution in [1.29, 1.82) is 0 Å². The Bertz CT molecular complexity index is 2350. The van der Waals surface area contributed by atoms with Gasteiger partial charge in [0, 0.05) is 62.9 Å². The molecule has 1 amide bonds. The average Bonchev–Trinajstić information content (AvgIpc) is 3.96. The van der Waals surface area contributed by atoms with Crippen LogP contribution in [0.4, 0.5) is 10.5 Å². The minimum Gasteiger partial charge on any atom is -0.459 e. The van der Waals surface area contributed by atoms with Crippen LogP contribution in [0.15, 0.2) is 35.4 Å². The number of nitrogens with two attached hydrogens (primary N) is 1. The van der Waals surface area contributed by atoms with E-state index in [0.29, 0.717) is 37.3 Å². The Kier molecular flexibility index (Phi) is 19.7. The van der Waals surface area contributed by atoms with Crippen LogP contribution in [0.2, 0.25) is 0 Å². The highest BCUT2D eigenvalue weighted by molar-refractivity contribution is 7.89. The van der Waals surface area contributed by atoms with Crippen molar-refractivity contribution in [3.05, 3.63) is 36.2 Å². The van der Waals surface area contributed by atoms with Crippen LogP contribution in [0.3, 0.4) is 0 Å². The third-order valence-corrected chi connectivity index (χ3v) is 17.1. The Morgan fingerprint density at radius 1 is 0.960 bits per heavy atom. The minimum atomic E-state index is -3.99. The number of anilines is 1. The molecular formula is C51H85N7O16S. The van der Waals surface area contributed by atoms with Crippen molar-refractivity contribution >= 4 is 27.8 Å². The summed E-state index contributed by atoms with van der Waals surface area (Å²) in [7, 11) is 1.19. The fourth-order valence-corrected chi connectivity index (χ4v) is 12.1. The number of carbonyl (C=O) groups is 2. The number of benzene rings is 1. The second-order valence-electron chi connectivity index (χ2n) is 22.5. The van der Waals surface area contributed by atoms with Gasteiger partial charge in [0.25, 0.3) is 0 Å². The van der Waals surface area contributed by atoms with Gasteiger partial charge in [-0.3, -0.25) is 9.69 Å². The van der Waals surface area contributed by atoms with E-state index >= 15 is 0 Å². The molecule has 24 heteroatoms. The summed E-state index contributed by atoms with van der Waals surface area (Å²) < 4.78 is 69.2. The van der Waals surface area contributed by atoms with E-state index in [1.165, 1.54) is 37.1 Å². The quantitative estimate of drug-likeness (QED) is 0.147. The zero-order valence-electron chi connectivity index (χ0n) is 45.9. The molecule has 75 heavy (non-hydrogen) atoms. The number of methoxy groups -OCH3 is 1. The first kappa shape index (κ1) is 60.8. The number of cyclic esters (lactones) is 2. The molecule has 0 aliphatic carbocycles. The van der Waals surface area contributed by atoms with Crippen LogP contribution in [-0.2, 0) is 60.9 Å². The van der Waals surface area contributed by atoms with Crippen LogP contribution in [-0.4, -0.2) is 208 Å². The number of esters is 1. The first-order valence-corrected chi connectivity index (χ1v) is 27.7. The molecule has 1 unspecified atom stereocenters. The number of aliphatic hydroxyl groups is 5. The largest absolute Gasteiger partial charge is 0.459 e. The number of sulfonamides is 1. The summed E-state index contributed by atoms with van der Waals surface area (Å²) in [5.41, 5.74) is -3.66. The lowest BCUT2D eigenvalue weighted by Gasteiger charge is -2.49. The van der Waals surface area contributed by atoms with Crippen molar-refractivity contribution in [2.75, 3.05) is 45.7 Å². The molecule has 6 rings (SSSR count). The highest BCUT2D eigenvalue weighted by atomic mass is 32.2. The second kappa shape index (κ2) is 24.3. The molecule has 0 radical (unpaired) electrons. The van der Waals surface area contributed by atoms with Crippen LogP contribution in [0, 0.1) is 17.8 Å². The number of aliphatic hydroxyl groups excluding tert-OH is 3. The fourth-order valence-electron chi connectivity index (χ4n) is 11.5. The smallest absolute Gasteiger partial charge is 0.414 e. The van der Waals surface area contributed by atoms with E-state index in [9.17, 15) is 43.5 Å². The Morgan fingerprint density at radius 3 is 2.31 bits per heavy atom. The van der Waals surface area contributed by atoms with Gasteiger partial charge in [-0.15, -0.1) is 5.10 Å². The molecule has 0 bridgehead atoms. The maximum atomic E-state index is 14.5. The minimum absolute atomic E-state index is 0.0747. The van der Waals surface area contributed by atoms with Crippen molar-refractivity contribution in [1.82, 2.24) is 24.8 Å². The molecule has 0 saturated carbocycles. The van der Waals surface area contributed by atoms with Gasteiger partial charge >= 0.3 is 12.1 Å². The number of primary sulfonamides is 1. The van der Waals surface area contributed by atoms with E-state index in [1.807, 2.05) is 37.7 Å². The maximum absolute atomic E-state index is 14.5. The zero-order chi connectivity index (χ0) is 55.7. The molecule has 4 aliphatic rings. The number of ether oxygens (including phenoxy) is 7. The number of amides is 1. The maximum Gasteiger partial charge on any atom is 0.414 e. The molecular weight excluding hydrogens is 999 g/mol. The molecule has 7 N–H and O–H groups in total. The Morgan fingerprint density at radius 2 is 1.65 bits per heavy atom. The first-order valence-electron chi connectivity index (χ1n) is 26.2. The number of rotatable bonds is 14. The van der Waals surface area contributed by atoms with Crippen LogP contribution in [0.1, 0.15) is 101 Å². The van der Waals surface area contributed by atoms with E-state index < -0.39 is 130 Å². The molecule has 426 valence electrons. The zero-order valence-corrected chi connectivity index (χ0v) is 46.7. The third-order valence-electron chi connectivity index (χ3n) is 16.1. The van der Waals surface area contributed by atoms with Crippen LogP contribution < -0.4 is 10.0 Å². The summed E-state index contributed by atoms with van der Waals surface area (Å²) in [5.74, 6) is -2.92. The average molecular weight is 1080 g/mol. The van der Waals surface area contributed by atoms with E-state index in [2.05, 4.69) is 10.3 Å². The van der Waals surface area contributed by atoms with Gasteiger partial charge in [0.15, 0.2) is 12.6 Å². The highest BCUT2D eigenvalue weighted by Gasteiger charge is 2.53. The third kappa shape index (κ3) is 14.1. The van der Waals surface area contributed by atoms with Crippen LogP contribution >= 0.6 is 0 Å². The standard InChI is InChI=1S/C51H85N7O16S/c1-14-39-51(10,65)43(60)32(6)56(12)24-28(2)22-49(8,64)45(30(4)42(31(5)46(62)72-39)73-40-23-50(9,68-13)44(61)33(7)70-40)74-47-41(59)38(20-29(3)69-47)55(11)19-18-34-25-57(54-53-34)26-36-27-58(48(63)71-36)35-16-15-17-37(21-35)75(52,66)67/h15-17,21,25,28-33,36,38-45,47,59-61,64-65H,14,18-20,22-24,26-27H2,1-13H3,(H2,52,66,67)/t28-,29-,30-,31-,32-,33+,36+,38+,39-,40-,41-,42-,43-,44+,45+,47+,49?,50-,51-/m1/s1. The normalized spacial score (nSPS) is 40.2. The number of likely N-dealkylation sites (N-methyl/N-ethyl adjacent to an activating group) is 2. The van der Waals surface area contributed by atoms with Gasteiger partial charge in [0.2, 0.25) is 10.0 Å². The van der Waals surface area contributed by atoms with Crippen molar-refractivity contribution in [2.24, 2.45) is 22.9 Å². The van der Waals surface area contributed by atoms with Crippen molar-refractivity contribution in [3.63, 3.8) is 0 Å². The first-order chi connectivity index (χ1) is 34.9. The van der Waals surface area contributed by atoms with Crippen LogP contribution in [0.5, 0.6) is 0 Å². The lowest BCUT2D eigenvalue weighted by Crippen LogP contribution is -2.61. The second-order valence-corrected chi connectivity index (χ2v) is 24.1. The fraction of sp³-hybridized carbons (Fsp3) is 0.804. The summed E-state index contributed by atoms with van der Waals surface area (Å²) in [6, 6.07) is 4.65. The topological polar surface area (TPSA) is 300 Å². The molecule has 4 saturated heterocycles. The summed E-state index contributed by atoms with van der Waals surface area (Å²) in [4.78, 5) is 32.4. The van der Waals surface area contributed by atoms with Gasteiger partial charge in [-0.05, 0) is 106 Å². The van der Waals surface area contributed by atoms with Gasteiger partial charge in [0.05, 0.1) is 65.2 Å². The number of hydrogen-bond donors (Lipinski definition) is 6. The molecule has 23 nitrogen and oxygen atoms in total. The van der Waals surface area contributed by atoms with Gasteiger partial charge in [-0.2, -0.15) is 0 Å². The van der Waals surface area contributed by atoms with E-state index in [-0.39, 0.29) is 43.2 Å². The molecule has 1 aromatic carbocycles. The number of nitrogens with zero attached hydrogens (tertiary/aromatic N) is 6. The van der Waals surface area contributed by atoms with Crippen molar-refractivity contribution in [2.45, 2.75) is 209 Å². The highest BCUT2D eigenvalue weighted by Crippen LogP contribution is 2.40. The number of carbonyl (C=O) groups excluding carboxylic acids is 2. The van der Waals surface area contributed by atoms with Gasteiger partial charge in [-0.25, -0.2) is 23.0 Å². The monoisotopic (exact) mass is 1080 g/mol. The molecule has 1 aromatic heterocycles. The predicted octanol–water partition coefficient (Wildman–Crippen LogP) is 1.78. The van der Waals surface area contributed by atoms with E-state index in [0.717, 1.165) is 0 Å². The SMILES string of the molecule is CC[C@H]1OC(=O)[C@H](C)[C@H](O[C@@H]2C[C@@](C)(OC)[C@@H](O)[C@H](C)O2)[C@@H](C)[C@H](O[C@@H]2O[C@H](C)C[C@H](N(C)CCc3cn(C[C@H]4CN(c5cccc(S(N)(=O)=O)c5)C(=O)O4)nn3)[C@H]2O)C(C)(O)C[C@@H](C)CN(C)[C@H](C)[C@@H](O)[C@]1(C)O. The lowest BCUT2D eigenvalue weighted by atomic mass is 9.77.